The Bertz CT molecular complexity index is 747. The lowest BCUT2D eigenvalue weighted by Crippen LogP contribution is -2.34. The van der Waals surface area contributed by atoms with Gasteiger partial charge in [0.2, 0.25) is 5.91 Å². The molecule has 122 valence electrons. The van der Waals surface area contributed by atoms with E-state index >= 15 is 0 Å². The fourth-order valence-electron chi connectivity index (χ4n) is 2.08. The summed E-state index contributed by atoms with van der Waals surface area (Å²) in [7, 11) is 0. The van der Waals surface area contributed by atoms with E-state index < -0.39 is 0 Å². The fourth-order valence-corrected chi connectivity index (χ4v) is 2.08. The maximum absolute atomic E-state index is 11.9. The molecule has 24 heavy (non-hydrogen) atoms. The number of nitrogens with zero attached hydrogens (tertiary/aromatic N) is 1. The van der Waals surface area contributed by atoms with Gasteiger partial charge >= 0.3 is 0 Å². The largest absolute Gasteiger partial charge is 0.370 e. The number of carbonyl (C=O) groups is 1. The molecule has 0 radical (unpaired) electrons. The van der Waals surface area contributed by atoms with Crippen LogP contribution in [0.2, 0.25) is 0 Å². The number of hydrogen-bond acceptors (Lipinski definition) is 2. The Kier molecular flexibility index (Phi) is 6.42. The molecule has 2 aromatic rings. The van der Waals surface area contributed by atoms with Crippen LogP contribution in [0.15, 0.2) is 59.6 Å². The number of amides is 1. The van der Waals surface area contributed by atoms with E-state index in [0.29, 0.717) is 17.8 Å². The third kappa shape index (κ3) is 5.85. The number of terminal acetylenes is 1. The fraction of sp³-hybridized carbons (Fsp3) is 0.158. The molecule has 0 aromatic heterocycles. The zero-order valence-electron chi connectivity index (χ0n) is 13.3. The first-order chi connectivity index (χ1) is 11.7. The van der Waals surface area contributed by atoms with Gasteiger partial charge in [0.15, 0.2) is 5.96 Å². The molecule has 0 saturated carbocycles. The molecule has 4 N–H and O–H groups in total. The van der Waals surface area contributed by atoms with Crippen LogP contribution in [0.5, 0.6) is 0 Å². The van der Waals surface area contributed by atoms with Gasteiger partial charge in [0.1, 0.15) is 6.54 Å². The van der Waals surface area contributed by atoms with E-state index in [1.807, 2.05) is 30.3 Å². The normalized spacial score (nSPS) is 10.7. The van der Waals surface area contributed by atoms with Crippen molar-refractivity contribution in [2.24, 2.45) is 10.7 Å². The summed E-state index contributed by atoms with van der Waals surface area (Å²) in [5, 5.41) is 5.72. The molecule has 0 heterocycles. The van der Waals surface area contributed by atoms with Crippen LogP contribution < -0.4 is 16.4 Å². The summed E-state index contributed by atoms with van der Waals surface area (Å²) in [5.41, 5.74) is 8.32. The van der Waals surface area contributed by atoms with Gasteiger partial charge in [0, 0.05) is 17.8 Å². The minimum absolute atomic E-state index is 0.0511. The number of guanidine groups is 1. The van der Waals surface area contributed by atoms with E-state index in [4.69, 9.17) is 12.2 Å². The minimum atomic E-state index is -0.253. The lowest BCUT2D eigenvalue weighted by atomic mass is 10.1. The van der Waals surface area contributed by atoms with Crippen LogP contribution in [0, 0.1) is 12.3 Å². The molecule has 0 bridgehead atoms. The highest BCUT2D eigenvalue weighted by Crippen LogP contribution is 2.09. The van der Waals surface area contributed by atoms with Gasteiger partial charge in [-0.1, -0.05) is 42.3 Å². The summed E-state index contributed by atoms with van der Waals surface area (Å²) < 4.78 is 0. The summed E-state index contributed by atoms with van der Waals surface area (Å²) >= 11 is 0. The first kappa shape index (κ1) is 17.1. The molecule has 0 aliphatic rings. The van der Waals surface area contributed by atoms with Gasteiger partial charge in [-0.05, 0) is 30.2 Å². The Morgan fingerprint density at radius 3 is 2.71 bits per heavy atom. The number of carbonyl (C=O) groups excluding carboxylic acids is 1. The van der Waals surface area contributed by atoms with Crippen molar-refractivity contribution in [3.63, 3.8) is 0 Å². The highest BCUT2D eigenvalue weighted by molar-refractivity contribution is 5.94. The van der Waals surface area contributed by atoms with Crippen LogP contribution in [0.1, 0.15) is 11.1 Å². The van der Waals surface area contributed by atoms with Gasteiger partial charge in [-0.15, -0.1) is 6.42 Å². The number of rotatable bonds is 6. The second kappa shape index (κ2) is 9.01. The third-order valence-electron chi connectivity index (χ3n) is 3.27. The number of anilines is 1. The Morgan fingerprint density at radius 2 is 1.96 bits per heavy atom. The molecule has 0 fully saturated rings. The quantitative estimate of drug-likeness (QED) is 0.431. The SMILES string of the molecule is C#Cc1cccc(NC(=O)CN=C(N)NCCc2ccccc2)c1. The molecular formula is C19H20N4O. The molecule has 0 atom stereocenters. The smallest absolute Gasteiger partial charge is 0.246 e. The van der Waals surface area contributed by atoms with Gasteiger partial charge in [-0.25, -0.2) is 4.99 Å². The van der Waals surface area contributed by atoms with Crippen molar-refractivity contribution in [1.82, 2.24) is 5.32 Å². The van der Waals surface area contributed by atoms with Crippen LogP contribution in [0.3, 0.4) is 0 Å². The lowest BCUT2D eigenvalue weighted by Gasteiger charge is -2.07. The predicted octanol–water partition coefficient (Wildman–Crippen LogP) is 1.75. The molecule has 0 saturated heterocycles. The molecule has 5 nitrogen and oxygen atoms in total. The van der Waals surface area contributed by atoms with E-state index in [1.165, 1.54) is 5.56 Å². The van der Waals surface area contributed by atoms with Crippen molar-refractivity contribution in [2.45, 2.75) is 6.42 Å². The van der Waals surface area contributed by atoms with Crippen LogP contribution in [0.4, 0.5) is 5.69 Å². The van der Waals surface area contributed by atoms with Gasteiger partial charge in [0.25, 0.3) is 0 Å². The average molecular weight is 320 g/mol. The van der Waals surface area contributed by atoms with Gasteiger partial charge in [0.05, 0.1) is 0 Å². The van der Waals surface area contributed by atoms with Crippen LogP contribution >= 0.6 is 0 Å². The molecule has 0 unspecified atom stereocenters. The molecule has 0 spiro atoms. The van der Waals surface area contributed by atoms with E-state index in [2.05, 4.69) is 21.5 Å². The summed E-state index contributed by atoms with van der Waals surface area (Å²) in [5.74, 6) is 2.51. The maximum atomic E-state index is 11.9. The predicted molar refractivity (Wildman–Crippen MR) is 97.6 cm³/mol. The Labute approximate surface area is 142 Å². The topological polar surface area (TPSA) is 79.5 Å². The Hall–Kier alpha value is -3.26. The Balaban J connectivity index is 1.75. The molecule has 0 aliphatic carbocycles. The van der Waals surface area contributed by atoms with Gasteiger partial charge in [-0.2, -0.15) is 0 Å². The molecule has 2 aromatic carbocycles. The summed E-state index contributed by atoms with van der Waals surface area (Å²) in [4.78, 5) is 15.9. The Morgan fingerprint density at radius 1 is 1.17 bits per heavy atom. The van der Waals surface area contributed by atoms with Crippen molar-refractivity contribution in [3.05, 3.63) is 65.7 Å². The zero-order chi connectivity index (χ0) is 17.2. The third-order valence-corrected chi connectivity index (χ3v) is 3.27. The number of aliphatic imine (C=N–C) groups is 1. The summed E-state index contributed by atoms with van der Waals surface area (Å²) in [6, 6.07) is 17.1. The van der Waals surface area contributed by atoms with Crippen molar-refractivity contribution in [2.75, 3.05) is 18.4 Å². The van der Waals surface area contributed by atoms with E-state index in [1.54, 1.807) is 24.3 Å². The first-order valence-corrected chi connectivity index (χ1v) is 7.61. The molecule has 5 heteroatoms. The van der Waals surface area contributed by atoms with Crippen LogP contribution in [-0.2, 0) is 11.2 Å². The van der Waals surface area contributed by atoms with E-state index in [9.17, 15) is 4.79 Å². The van der Waals surface area contributed by atoms with Gasteiger partial charge in [-0.3, -0.25) is 4.79 Å². The molecule has 1 amide bonds. The van der Waals surface area contributed by atoms with Crippen molar-refractivity contribution >= 4 is 17.6 Å². The minimum Gasteiger partial charge on any atom is -0.370 e. The van der Waals surface area contributed by atoms with E-state index in [-0.39, 0.29) is 18.4 Å². The highest BCUT2D eigenvalue weighted by Gasteiger charge is 2.02. The number of hydrogen-bond donors (Lipinski definition) is 3. The second-order valence-corrected chi connectivity index (χ2v) is 5.14. The maximum Gasteiger partial charge on any atom is 0.246 e. The summed E-state index contributed by atoms with van der Waals surface area (Å²) in [6.45, 7) is 0.607. The van der Waals surface area contributed by atoms with Crippen molar-refractivity contribution in [3.8, 4) is 12.3 Å². The van der Waals surface area contributed by atoms with E-state index in [0.717, 1.165) is 6.42 Å². The molecule has 2 rings (SSSR count). The van der Waals surface area contributed by atoms with Crippen LogP contribution in [-0.4, -0.2) is 25.0 Å². The number of benzene rings is 2. The van der Waals surface area contributed by atoms with Gasteiger partial charge < -0.3 is 16.4 Å². The second-order valence-electron chi connectivity index (χ2n) is 5.14. The molecule has 0 aliphatic heterocycles. The lowest BCUT2D eigenvalue weighted by molar-refractivity contribution is -0.114. The molecular weight excluding hydrogens is 300 g/mol. The average Bonchev–Trinajstić information content (AvgIpc) is 2.61. The van der Waals surface area contributed by atoms with Crippen molar-refractivity contribution < 1.29 is 4.79 Å². The standard InChI is InChI=1S/C19H20N4O/c1-2-15-9-6-10-17(13-15)23-18(24)14-22-19(20)21-12-11-16-7-4-3-5-8-16/h1,3-10,13H,11-12,14H2,(H,23,24)(H3,20,21,22). The zero-order valence-corrected chi connectivity index (χ0v) is 13.3. The van der Waals surface area contributed by atoms with Crippen molar-refractivity contribution in [1.29, 1.82) is 0 Å². The summed E-state index contributed by atoms with van der Waals surface area (Å²) in [6.07, 6.45) is 6.16. The monoisotopic (exact) mass is 320 g/mol. The first-order valence-electron chi connectivity index (χ1n) is 7.61. The van der Waals surface area contributed by atoms with Crippen LogP contribution in [0.25, 0.3) is 0 Å². The highest BCUT2D eigenvalue weighted by atomic mass is 16.1. The number of nitrogens with one attached hydrogen (secondary N) is 2. The number of nitrogens with two attached hydrogens (primary N) is 1.